The molecule has 4 rings (SSSR count). The second-order valence-corrected chi connectivity index (χ2v) is 8.45. The summed E-state index contributed by atoms with van der Waals surface area (Å²) in [6.45, 7) is 7.26. The zero-order chi connectivity index (χ0) is 19.2. The van der Waals surface area contributed by atoms with Gasteiger partial charge in [-0.2, -0.15) is 0 Å². The van der Waals surface area contributed by atoms with E-state index in [0.29, 0.717) is 0 Å². The van der Waals surface area contributed by atoms with Gasteiger partial charge in [-0.15, -0.1) is 0 Å². The molecule has 2 aliphatic heterocycles. The minimum Gasteiger partial charge on any atom is -0.361 e. The summed E-state index contributed by atoms with van der Waals surface area (Å²) in [5, 5.41) is 0. The van der Waals surface area contributed by atoms with E-state index in [2.05, 4.69) is 23.6 Å². The van der Waals surface area contributed by atoms with Crippen molar-refractivity contribution in [1.29, 1.82) is 0 Å². The fourth-order valence-electron chi connectivity index (χ4n) is 5.01. The van der Waals surface area contributed by atoms with Crippen molar-refractivity contribution in [2.24, 2.45) is 0 Å². The van der Waals surface area contributed by atoms with Crippen LogP contribution in [0.3, 0.4) is 0 Å². The van der Waals surface area contributed by atoms with Crippen molar-refractivity contribution >= 4 is 11.6 Å². The first kappa shape index (κ1) is 18.0. The van der Waals surface area contributed by atoms with Gasteiger partial charge < -0.3 is 9.80 Å². The summed E-state index contributed by atoms with van der Waals surface area (Å²) in [4.78, 5) is 17.8. The van der Waals surface area contributed by atoms with Crippen LogP contribution >= 0.6 is 0 Å². The molecule has 2 aliphatic rings. The zero-order valence-electron chi connectivity index (χ0n) is 16.3. The Bertz CT molecular complexity index is 846. The zero-order valence-corrected chi connectivity index (χ0v) is 16.3. The lowest BCUT2D eigenvalue weighted by molar-refractivity contribution is 0.0604. The van der Waals surface area contributed by atoms with Crippen LogP contribution in [0.2, 0.25) is 0 Å². The topological polar surface area (TPSA) is 23.6 Å². The maximum Gasteiger partial charge on any atom is 0.254 e. The molecule has 1 amide bonds. The first-order valence-corrected chi connectivity index (χ1v) is 9.80. The van der Waals surface area contributed by atoms with Crippen molar-refractivity contribution in [3.8, 4) is 0 Å². The molecule has 0 bridgehead atoms. The number of piperidine rings is 1. The molecule has 2 atom stereocenters. The number of hydrogen-bond donors (Lipinski definition) is 0. The molecule has 142 valence electrons. The Balaban J connectivity index is 1.67. The number of hydrogen-bond acceptors (Lipinski definition) is 2. The Labute approximate surface area is 160 Å². The van der Waals surface area contributed by atoms with Crippen LogP contribution in [-0.2, 0) is 0 Å². The van der Waals surface area contributed by atoms with Gasteiger partial charge in [0.15, 0.2) is 0 Å². The van der Waals surface area contributed by atoms with Gasteiger partial charge in [-0.1, -0.05) is 18.2 Å². The van der Waals surface area contributed by atoms with Gasteiger partial charge in [0.2, 0.25) is 0 Å². The third-order valence-electron chi connectivity index (χ3n) is 6.18. The Morgan fingerprint density at radius 2 is 1.78 bits per heavy atom. The summed E-state index contributed by atoms with van der Waals surface area (Å²) in [7, 11) is 0. The molecule has 0 radical (unpaired) electrons. The number of carbonyl (C=O) groups is 1. The summed E-state index contributed by atoms with van der Waals surface area (Å²) >= 11 is 0. The Hall–Kier alpha value is -2.36. The lowest BCUT2D eigenvalue weighted by Gasteiger charge is -2.42. The summed E-state index contributed by atoms with van der Waals surface area (Å²) in [6, 6.07) is 15.1. The van der Waals surface area contributed by atoms with E-state index in [1.165, 1.54) is 12.1 Å². The number of amides is 1. The van der Waals surface area contributed by atoms with Crippen LogP contribution in [0, 0.1) is 12.7 Å². The number of aryl methyl sites for hydroxylation is 1. The second kappa shape index (κ2) is 6.66. The molecule has 0 aliphatic carbocycles. The van der Waals surface area contributed by atoms with E-state index in [9.17, 15) is 9.18 Å². The quantitative estimate of drug-likeness (QED) is 0.762. The highest BCUT2D eigenvalue weighted by atomic mass is 19.1. The van der Waals surface area contributed by atoms with Crippen molar-refractivity contribution < 1.29 is 9.18 Å². The minimum absolute atomic E-state index is 0.0816. The molecule has 0 unspecified atom stereocenters. The fraction of sp³-hybridized carbons (Fsp3) is 0.435. The van der Waals surface area contributed by atoms with Crippen molar-refractivity contribution in [3.05, 3.63) is 65.5 Å². The van der Waals surface area contributed by atoms with Gasteiger partial charge in [-0.25, -0.2) is 4.39 Å². The van der Waals surface area contributed by atoms with Crippen LogP contribution in [0.15, 0.2) is 48.5 Å². The van der Waals surface area contributed by atoms with E-state index in [0.717, 1.165) is 42.6 Å². The molecule has 2 heterocycles. The molecule has 0 spiro atoms. The third-order valence-corrected chi connectivity index (χ3v) is 6.18. The number of likely N-dealkylation sites (tertiary alicyclic amines) is 1. The molecule has 0 aromatic heterocycles. The van der Waals surface area contributed by atoms with Crippen molar-refractivity contribution in [3.63, 3.8) is 0 Å². The Morgan fingerprint density at radius 3 is 2.48 bits per heavy atom. The Kier molecular flexibility index (Phi) is 4.45. The number of rotatable bonds is 2. The smallest absolute Gasteiger partial charge is 0.254 e. The minimum atomic E-state index is -0.215. The van der Waals surface area contributed by atoms with Crippen LogP contribution in [0.1, 0.15) is 49.0 Å². The van der Waals surface area contributed by atoms with Gasteiger partial charge in [0, 0.05) is 23.3 Å². The molecule has 2 saturated heterocycles. The van der Waals surface area contributed by atoms with E-state index in [1.54, 1.807) is 0 Å². The van der Waals surface area contributed by atoms with Crippen LogP contribution in [0.5, 0.6) is 0 Å². The number of fused-ring (bicyclic) bond motifs is 1. The van der Waals surface area contributed by atoms with Crippen LogP contribution in [0.4, 0.5) is 10.1 Å². The fourth-order valence-corrected chi connectivity index (χ4v) is 5.01. The molecule has 0 saturated carbocycles. The van der Waals surface area contributed by atoms with Gasteiger partial charge in [0.25, 0.3) is 5.91 Å². The standard InChI is InChI=1S/C23H27FN2O/c1-16-7-4-5-8-19(16)22(27)25-14-6-9-20-21(25)15-23(2,3)26(20)18-12-10-17(24)11-13-18/h4-5,7-8,10-13,20-21H,6,9,14-15H2,1-3H3/t20-,21-/m0/s1. The predicted molar refractivity (Wildman–Crippen MR) is 107 cm³/mol. The average molecular weight is 366 g/mol. The maximum atomic E-state index is 13.4. The van der Waals surface area contributed by atoms with E-state index in [1.807, 2.05) is 43.3 Å². The van der Waals surface area contributed by atoms with Crippen molar-refractivity contribution in [2.45, 2.75) is 57.7 Å². The van der Waals surface area contributed by atoms with Crippen molar-refractivity contribution in [2.75, 3.05) is 11.4 Å². The largest absolute Gasteiger partial charge is 0.361 e. The molecule has 3 nitrogen and oxygen atoms in total. The van der Waals surface area contributed by atoms with E-state index < -0.39 is 0 Å². The first-order chi connectivity index (χ1) is 12.9. The van der Waals surface area contributed by atoms with Gasteiger partial charge in [0.1, 0.15) is 5.82 Å². The highest BCUT2D eigenvalue weighted by Gasteiger charge is 2.50. The van der Waals surface area contributed by atoms with Gasteiger partial charge in [0.05, 0.1) is 12.1 Å². The lowest BCUT2D eigenvalue weighted by Crippen LogP contribution is -2.53. The molecule has 0 N–H and O–H groups in total. The maximum absolute atomic E-state index is 13.4. The number of anilines is 1. The summed E-state index contributed by atoms with van der Waals surface area (Å²) < 4.78 is 13.4. The molecule has 2 aromatic carbocycles. The van der Waals surface area contributed by atoms with Gasteiger partial charge in [-0.05, 0) is 75.9 Å². The van der Waals surface area contributed by atoms with Crippen molar-refractivity contribution in [1.82, 2.24) is 4.90 Å². The van der Waals surface area contributed by atoms with Crippen LogP contribution in [0.25, 0.3) is 0 Å². The molecular weight excluding hydrogens is 339 g/mol. The summed E-state index contributed by atoms with van der Waals surface area (Å²) in [5.74, 6) is -0.0770. The van der Waals surface area contributed by atoms with E-state index in [-0.39, 0.29) is 29.3 Å². The van der Waals surface area contributed by atoms with Gasteiger partial charge in [-0.3, -0.25) is 4.79 Å². The number of halogens is 1. The first-order valence-electron chi connectivity index (χ1n) is 9.80. The number of benzene rings is 2. The van der Waals surface area contributed by atoms with E-state index >= 15 is 0 Å². The average Bonchev–Trinajstić information content (AvgIpc) is 2.92. The van der Waals surface area contributed by atoms with Crippen LogP contribution < -0.4 is 4.90 Å². The predicted octanol–water partition coefficient (Wildman–Crippen LogP) is 4.80. The molecule has 2 aromatic rings. The van der Waals surface area contributed by atoms with Crippen LogP contribution in [-0.4, -0.2) is 35.0 Å². The monoisotopic (exact) mass is 366 g/mol. The summed E-state index contributed by atoms with van der Waals surface area (Å²) in [6.07, 6.45) is 2.97. The van der Waals surface area contributed by atoms with Gasteiger partial charge >= 0.3 is 0 Å². The lowest BCUT2D eigenvalue weighted by atomic mass is 9.93. The second-order valence-electron chi connectivity index (χ2n) is 8.45. The molecule has 27 heavy (non-hydrogen) atoms. The molecule has 2 fully saturated rings. The SMILES string of the molecule is Cc1ccccc1C(=O)N1CCC[C@H]2[C@@H]1CC(C)(C)N2c1ccc(F)cc1. The highest BCUT2D eigenvalue weighted by molar-refractivity contribution is 5.96. The Morgan fingerprint density at radius 1 is 1.07 bits per heavy atom. The third kappa shape index (κ3) is 3.11. The highest BCUT2D eigenvalue weighted by Crippen LogP contribution is 2.44. The molecule has 4 heteroatoms. The number of nitrogens with zero attached hydrogens (tertiary/aromatic N) is 2. The summed E-state index contributed by atoms with van der Waals surface area (Å²) in [5.41, 5.74) is 2.79. The normalized spacial score (nSPS) is 24.0. The van der Waals surface area contributed by atoms with E-state index in [4.69, 9.17) is 0 Å². The molecular formula is C23H27FN2O. The number of carbonyl (C=O) groups excluding carboxylic acids is 1.